The van der Waals surface area contributed by atoms with Gasteiger partial charge in [-0.25, -0.2) is 0 Å². The zero-order valence-electron chi connectivity index (χ0n) is 62.3. The van der Waals surface area contributed by atoms with Gasteiger partial charge < -0.3 is 55.3 Å². The lowest BCUT2D eigenvalue weighted by Gasteiger charge is -2.56. The van der Waals surface area contributed by atoms with Crippen LogP contribution in [-0.4, -0.2) is 164 Å². The molecule has 8 bridgehead atoms. The predicted octanol–water partition coefficient (Wildman–Crippen LogP) is 16.7. The van der Waals surface area contributed by atoms with Crippen LogP contribution in [0.15, 0.2) is 24.3 Å². The van der Waals surface area contributed by atoms with E-state index < -0.39 is 96.5 Å². The topological polar surface area (TPSA) is 145 Å². The number of rotatable bonds is 12. The second-order valence-electron chi connectivity index (χ2n) is 36.5. The molecule has 522 valence electrons. The number of ketones is 1. The molecule has 0 radical (unpaired) electrons. The van der Waals surface area contributed by atoms with Gasteiger partial charge in [0.25, 0.3) is 0 Å². The molecule has 0 N–H and O–H groups in total. The van der Waals surface area contributed by atoms with E-state index in [1.165, 1.54) is 0 Å². The van der Waals surface area contributed by atoms with Crippen LogP contribution in [0.4, 0.5) is 0 Å². The van der Waals surface area contributed by atoms with E-state index in [2.05, 4.69) is 208 Å². The van der Waals surface area contributed by atoms with Crippen LogP contribution < -0.4 is 0 Å². The first-order valence-corrected chi connectivity index (χ1v) is 49.8. The van der Waals surface area contributed by atoms with E-state index in [0.29, 0.717) is 51.6 Å². The molecule has 0 amide bonds. The third-order valence-corrected chi connectivity index (χ3v) is 46.7. The van der Waals surface area contributed by atoms with Crippen LogP contribution in [0.3, 0.4) is 0 Å². The zero-order chi connectivity index (χ0) is 68.4. The first-order chi connectivity index (χ1) is 41.4. The molecular weight excluding hydrogens is 1230 g/mol. The zero-order valence-corrected chi connectivity index (χ0v) is 67.3. The quantitative estimate of drug-likeness (QED) is 0.0601. The highest BCUT2D eigenvalue weighted by Gasteiger charge is 2.60. The number of hydrogen-bond donors (Lipinski definition) is 0. The first-order valence-electron chi connectivity index (χ1n) is 35.3. The van der Waals surface area contributed by atoms with Crippen LogP contribution in [0.1, 0.15) is 195 Å². The summed E-state index contributed by atoms with van der Waals surface area (Å²) in [6.07, 6.45) is -0.877. The minimum absolute atomic E-state index is 0.0137. The highest BCUT2D eigenvalue weighted by Crippen LogP contribution is 2.50. The fourth-order valence-electron chi connectivity index (χ4n) is 12.9. The number of esters is 1. The number of carbonyl (C=O) groups is 2. The Kier molecular flexibility index (Phi) is 24.2. The molecular formula is C72H130O14Si5. The lowest BCUT2D eigenvalue weighted by molar-refractivity contribution is -0.274. The summed E-state index contributed by atoms with van der Waals surface area (Å²) in [5.41, 5.74) is 2.06. The van der Waals surface area contributed by atoms with Crippen LogP contribution in [0, 0.1) is 23.7 Å². The SMILES string of the molecule is C=C1C[C@@H]2CCC(=O)C#C[C@H](O[Si](C)(C)C(C)(C)C)[C@@H]3O[C@H]4CC[C@H](CC(=O)O[C@@H]5[C@@H](C)[C@@H]6O[C@H](CCO[Si](C)(C)C(C)(C)C)[C@H](O[Si](C)(C)C(C)(C)C)C[C@@H]6O[C@H]5C[C@H]5O[C@@H](CC[C@@H]1O2)C[C@@H](C)C5=C)O[C@@H]4[C@H](O[Si](C)(C)C(C)(C)C)[C@@H]3O[Si](C)(C)C(C)(C)C. The van der Waals surface area contributed by atoms with Gasteiger partial charge in [-0.15, -0.1) is 0 Å². The van der Waals surface area contributed by atoms with Crippen LogP contribution in [0.25, 0.3) is 0 Å². The third kappa shape index (κ3) is 18.4. The van der Waals surface area contributed by atoms with Gasteiger partial charge >= 0.3 is 5.97 Å². The van der Waals surface area contributed by atoms with Crippen molar-refractivity contribution in [3.8, 4) is 11.8 Å². The number of Topliss-reactive ketones (excluding diaryl/α,β-unsaturated/α-hetero) is 1. The minimum Gasteiger partial charge on any atom is -0.459 e. The predicted molar refractivity (Wildman–Crippen MR) is 378 cm³/mol. The van der Waals surface area contributed by atoms with Crippen molar-refractivity contribution in [3.05, 3.63) is 24.3 Å². The number of carbonyl (C=O) groups excluding carboxylic acids is 2. The molecule has 9 aliphatic heterocycles. The van der Waals surface area contributed by atoms with E-state index in [4.69, 9.17) is 55.3 Å². The van der Waals surface area contributed by atoms with Gasteiger partial charge in [0, 0.05) is 31.8 Å². The molecule has 0 unspecified atom stereocenters. The van der Waals surface area contributed by atoms with Gasteiger partial charge in [0.2, 0.25) is 5.78 Å². The van der Waals surface area contributed by atoms with Crippen LogP contribution in [-0.2, 0) is 64.9 Å². The molecule has 19 atom stereocenters. The van der Waals surface area contributed by atoms with Crippen LogP contribution >= 0.6 is 0 Å². The second-order valence-corrected chi connectivity index (χ2v) is 60.3. The molecule has 6 saturated heterocycles. The van der Waals surface area contributed by atoms with E-state index in [1.54, 1.807) is 0 Å². The van der Waals surface area contributed by atoms with Gasteiger partial charge in [-0.3, -0.25) is 9.59 Å². The van der Waals surface area contributed by atoms with E-state index in [9.17, 15) is 4.79 Å². The Morgan fingerprint density at radius 2 is 1.01 bits per heavy atom. The van der Waals surface area contributed by atoms with Crippen molar-refractivity contribution >= 4 is 53.3 Å². The Balaban J connectivity index is 1.30. The normalized spacial score (nSPS) is 36.1. The van der Waals surface area contributed by atoms with Gasteiger partial charge in [-0.2, -0.15) is 0 Å². The fraction of sp³-hybridized carbons (Fsp3) is 0.889. The lowest BCUT2D eigenvalue weighted by Crippen LogP contribution is -2.69. The van der Waals surface area contributed by atoms with Gasteiger partial charge in [-0.05, 0) is 165 Å². The second kappa shape index (κ2) is 28.6. The molecule has 0 saturated carbocycles. The van der Waals surface area contributed by atoms with E-state index in [0.717, 1.165) is 30.4 Å². The molecule has 19 heteroatoms. The third-order valence-electron chi connectivity index (χ3n) is 24.3. The maximum atomic E-state index is 15.3. The van der Waals surface area contributed by atoms with Gasteiger partial charge in [0.05, 0.1) is 73.6 Å². The molecule has 14 nitrogen and oxygen atoms in total. The summed E-state index contributed by atoms with van der Waals surface area (Å²) in [6, 6.07) is 0. The van der Waals surface area contributed by atoms with Crippen molar-refractivity contribution in [1.82, 2.24) is 0 Å². The average molecular weight is 1360 g/mol. The maximum absolute atomic E-state index is 15.3. The van der Waals surface area contributed by atoms with Gasteiger partial charge in [-0.1, -0.05) is 137 Å². The number of ether oxygens (including phenoxy) is 7. The average Bonchev–Trinajstić information content (AvgIpc) is 1.09. The van der Waals surface area contributed by atoms with Crippen LogP contribution in [0.5, 0.6) is 0 Å². The van der Waals surface area contributed by atoms with Crippen LogP contribution in [0.2, 0.25) is 90.7 Å². The smallest absolute Gasteiger partial charge is 0.308 e. The standard InChI is InChI=1S/C72H130O14Si5/c1-45-40-51-33-36-53-46(2)41-50(76-53)32-30-49(73)31-35-56(83-88(22,23)69(8,9)10)65-67(86-91(28,29)72(17,18)19)66(85-90(26,27)71(14,15)16)64-55(81-65)37-34-52(78-64)42-61(74)82-63-48(4)62-60(79-59(63)43-57(77-51)47(45)3)44-58(84-89(24,25)70(11,12)13)54(80-62)38-39-75-87(20,21)68(5,6)7/h45,48,50-60,62-67H,2-3,30,32-34,36-44H2,1,4-29H3/t45-,48+,50+,51+,52-,53+,54-,55+,56+,57-,58-,59+,60+,62+,63-,64+,65+,66+,67-/m1/s1. The molecule has 9 rings (SSSR count). The summed E-state index contributed by atoms with van der Waals surface area (Å²) in [6.45, 7) is 70.8. The van der Waals surface area contributed by atoms with Gasteiger partial charge in [0.1, 0.15) is 36.6 Å². The molecule has 0 aliphatic carbocycles. The van der Waals surface area contributed by atoms with Crippen molar-refractivity contribution in [3.63, 3.8) is 0 Å². The molecule has 9 heterocycles. The highest BCUT2D eigenvalue weighted by molar-refractivity contribution is 6.76. The summed E-state index contributed by atoms with van der Waals surface area (Å²) in [5, 5.41) is -0.548. The fourth-order valence-corrected chi connectivity index (χ4v) is 19.1. The van der Waals surface area contributed by atoms with Gasteiger partial charge in [0.15, 0.2) is 41.6 Å². The summed E-state index contributed by atoms with van der Waals surface area (Å²) in [7, 11) is -12.2. The molecule has 9 aliphatic rings. The summed E-state index contributed by atoms with van der Waals surface area (Å²) < 4.78 is 87.6. The molecule has 0 aromatic carbocycles. The number of hydrogen-bond acceptors (Lipinski definition) is 14. The molecule has 0 aromatic rings. The monoisotopic (exact) mass is 1360 g/mol. The summed E-state index contributed by atoms with van der Waals surface area (Å²) in [4.78, 5) is 29.5. The minimum atomic E-state index is -2.65. The van der Waals surface area contributed by atoms with Crippen molar-refractivity contribution in [2.45, 2.75) is 389 Å². The van der Waals surface area contributed by atoms with Crippen molar-refractivity contribution < 1.29 is 64.9 Å². The Morgan fingerprint density at radius 3 is 1.59 bits per heavy atom. The number of fused-ring (bicyclic) bond motifs is 3. The van der Waals surface area contributed by atoms with E-state index in [1.807, 2.05) is 0 Å². The Morgan fingerprint density at radius 1 is 0.495 bits per heavy atom. The van der Waals surface area contributed by atoms with Crippen molar-refractivity contribution in [2.75, 3.05) is 6.61 Å². The Bertz CT molecular complexity index is 2590. The van der Waals surface area contributed by atoms with Crippen molar-refractivity contribution in [2.24, 2.45) is 11.8 Å². The Hall–Kier alpha value is -1.18. The van der Waals surface area contributed by atoms with Crippen molar-refractivity contribution in [1.29, 1.82) is 0 Å². The van der Waals surface area contributed by atoms with E-state index in [-0.39, 0.29) is 110 Å². The van der Waals surface area contributed by atoms with E-state index >= 15 is 4.79 Å². The summed E-state index contributed by atoms with van der Waals surface area (Å²) >= 11 is 0. The molecule has 6 fully saturated rings. The lowest BCUT2D eigenvalue weighted by atomic mass is 9.79. The Labute approximate surface area is 558 Å². The maximum Gasteiger partial charge on any atom is 0.308 e. The summed E-state index contributed by atoms with van der Waals surface area (Å²) in [5.74, 6) is 5.96. The largest absolute Gasteiger partial charge is 0.459 e. The highest BCUT2D eigenvalue weighted by atomic mass is 28.4. The molecule has 0 aromatic heterocycles. The first kappa shape index (κ1) is 77.2. The molecule has 0 spiro atoms. The molecule has 91 heavy (non-hydrogen) atoms.